The molecule has 2 aromatic carbocycles. The lowest BCUT2D eigenvalue weighted by Crippen LogP contribution is -2.32. The first-order chi connectivity index (χ1) is 14.1. The fraction of sp³-hybridized carbons (Fsp3) is 0.417. The number of nitrogen functional groups attached to an aromatic ring is 1. The van der Waals surface area contributed by atoms with Gasteiger partial charge in [0.05, 0.1) is 0 Å². The molecule has 0 atom stereocenters. The molecule has 0 saturated carbocycles. The summed E-state index contributed by atoms with van der Waals surface area (Å²) in [4.78, 5) is 24.9. The molecule has 4 N–H and O–H groups in total. The van der Waals surface area contributed by atoms with Crippen LogP contribution in [0.15, 0.2) is 42.5 Å². The number of hydrogen-bond donors (Lipinski definition) is 3. The molecule has 0 aliphatic carbocycles. The van der Waals surface area contributed by atoms with E-state index in [1.165, 1.54) is 0 Å². The van der Waals surface area contributed by atoms with E-state index in [0.29, 0.717) is 23.7 Å². The summed E-state index contributed by atoms with van der Waals surface area (Å²) >= 11 is 0. The molecular formula is C24H33N3O3. The van der Waals surface area contributed by atoms with Crippen molar-refractivity contribution in [1.29, 1.82) is 0 Å². The minimum absolute atomic E-state index is 0.159. The van der Waals surface area contributed by atoms with Crippen molar-refractivity contribution in [2.24, 2.45) is 5.92 Å². The Bertz CT molecular complexity index is 886. The van der Waals surface area contributed by atoms with Crippen molar-refractivity contribution in [3.05, 3.63) is 53.6 Å². The monoisotopic (exact) mass is 411 g/mol. The molecule has 0 spiro atoms. The van der Waals surface area contributed by atoms with Crippen molar-refractivity contribution in [2.75, 3.05) is 12.3 Å². The van der Waals surface area contributed by atoms with Crippen molar-refractivity contribution < 1.29 is 14.3 Å². The Morgan fingerprint density at radius 3 is 2.40 bits per heavy atom. The van der Waals surface area contributed by atoms with Gasteiger partial charge in [-0.15, -0.1) is 0 Å². The van der Waals surface area contributed by atoms with Crippen molar-refractivity contribution in [1.82, 2.24) is 10.6 Å². The van der Waals surface area contributed by atoms with Crippen LogP contribution in [-0.4, -0.2) is 24.1 Å². The Kier molecular flexibility index (Phi) is 7.86. The highest BCUT2D eigenvalue weighted by Gasteiger charge is 2.18. The van der Waals surface area contributed by atoms with Gasteiger partial charge in [-0.25, -0.2) is 4.79 Å². The molecule has 6 nitrogen and oxygen atoms in total. The van der Waals surface area contributed by atoms with Gasteiger partial charge < -0.3 is 21.1 Å². The number of ether oxygens (including phenoxy) is 1. The molecule has 0 fully saturated rings. The van der Waals surface area contributed by atoms with Crippen LogP contribution in [0.2, 0.25) is 0 Å². The van der Waals surface area contributed by atoms with Gasteiger partial charge in [-0.3, -0.25) is 4.79 Å². The fourth-order valence-corrected chi connectivity index (χ4v) is 2.97. The van der Waals surface area contributed by atoms with Gasteiger partial charge in [0.25, 0.3) is 5.91 Å². The topological polar surface area (TPSA) is 93.5 Å². The zero-order valence-corrected chi connectivity index (χ0v) is 18.5. The van der Waals surface area contributed by atoms with E-state index in [4.69, 9.17) is 10.5 Å². The zero-order chi connectivity index (χ0) is 22.3. The molecule has 0 unspecified atom stereocenters. The van der Waals surface area contributed by atoms with Crippen LogP contribution < -0.4 is 16.4 Å². The third-order valence-electron chi connectivity index (χ3n) is 4.43. The number of carbonyl (C=O) groups is 2. The predicted molar refractivity (Wildman–Crippen MR) is 121 cm³/mol. The molecule has 2 amide bonds. The average molecular weight is 412 g/mol. The second-order valence-electron chi connectivity index (χ2n) is 8.76. The number of rotatable bonds is 7. The number of hydrogen-bond acceptors (Lipinski definition) is 4. The molecule has 0 aromatic heterocycles. The van der Waals surface area contributed by atoms with Crippen molar-refractivity contribution in [2.45, 2.75) is 53.2 Å². The van der Waals surface area contributed by atoms with Crippen LogP contribution in [0.25, 0.3) is 11.1 Å². The van der Waals surface area contributed by atoms with Crippen LogP contribution in [0, 0.1) is 5.92 Å². The molecule has 2 aromatic rings. The van der Waals surface area contributed by atoms with E-state index in [0.717, 1.165) is 23.1 Å². The van der Waals surface area contributed by atoms with Crippen LogP contribution in [0.3, 0.4) is 0 Å². The van der Waals surface area contributed by atoms with Crippen molar-refractivity contribution in [3.63, 3.8) is 0 Å². The van der Waals surface area contributed by atoms with Crippen molar-refractivity contribution >= 4 is 17.7 Å². The second kappa shape index (κ2) is 10.1. The van der Waals surface area contributed by atoms with Crippen LogP contribution in [0.5, 0.6) is 0 Å². The minimum atomic E-state index is -0.568. The number of amides is 2. The molecule has 0 saturated heterocycles. The number of anilines is 1. The molecule has 0 aliphatic rings. The zero-order valence-electron chi connectivity index (χ0n) is 18.5. The summed E-state index contributed by atoms with van der Waals surface area (Å²) in [5, 5.41) is 5.76. The lowest BCUT2D eigenvalue weighted by atomic mass is 9.94. The van der Waals surface area contributed by atoms with Gasteiger partial charge >= 0.3 is 6.09 Å². The van der Waals surface area contributed by atoms with E-state index >= 15 is 0 Å². The summed E-state index contributed by atoms with van der Waals surface area (Å²) < 4.78 is 5.32. The van der Waals surface area contributed by atoms with E-state index in [-0.39, 0.29) is 12.5 Å². The normalized spacial score (nSPS) is 11.3. The maximum Gasteiger partial charge on any atom is 0.407 e. The lowest BCUT2D eigenvalue weighted by Gasteiger charge is -2.20. The van der Waals surface area contributed by atoms with E-state index in [1.54, 1.807) is 12.1 Å². The third kappa shape index (κ3) is 7.10. The maximum absolute atomic E-state index is 12.9. The van der Waals surface area contributed by atoms with Gasteiger partial charge in [0.15, 0.2) is 0 Å². The Morgan fingerprint density at radius 1 is 1.03 bits per heavy atom. The number of benzene rings is 2. The van der Waals surface area contributed by atoms with Crippen LogP contribution in [-0.2, 0) is 11.3 Å². The Labute approximate surface area is 179 Å². The number of alkyl carbamates (subject to hydrolysis) is 1. The molecule has 30 heavy (non-hydrogen) atoms. The largest absolute Gasteiger partial charge is 0.444 e. The molecule has 0 radical (unpaired) electrons. The minimum Gasteiger partial charge on any atom is -0.444 e. The van der Waals surface area contributed by atoms with Gasteiger partial charge in [0.2, 0.25) is 0 Å². The van der Waals surface area contributed by atoms with Gasteiger partial charge in [-0.2, -0.15) is 0 Å². The number of carbonyl (C=O) groups excluding carboxylic acids is 2. The number of nitrogens with one attached hydrogen (secondary N) is 2. The molecular weight excluding hydrogens is 378 g/mol. The molecule has 0 bridgehead atoms. The second-order valence-corrected chi connectivity index (χ2v) is 8.76. The highest BCUT2D eigenvalue weighted by Crippen LogP contribution is 2.29. The SMILES string of the molecule is CC(C)CCNC(=O)c1cc(N)ccc1-c1ccccc1CNC(=O)OC(C)(C)C. The van der Waals surface area contributed by atoms with Gasteiger partial charge in [-0.05, 0) is 61.9 Å². The summed E-state index contributed by atoms with van der Waals surface area (Å²) in [6.45, 7) is 10.6. The summed E-state index contributed by atoms with van der Waals surface area (Å²) in [5.41, 5.74) is 8.95. The molecule has 0 aliphatic heterocycles. The standard InChI is InChI=1S/C24H33N3O3/c1-16(2)12-13-26-22(28)21-14-18(25)10-11-20(21)19-9-7-6-8-17(19)15-27-23(29)30-24(3,4)5/h6-11,14,16H,12-13,15,25H2,1-5H3,(H,26,28)(H,27,29). The first-order valence-electron chi connectivity index (χ1n) is 10.3. The molecule has 2 rings (SSSR count). The van der Waals surface area contributed by atoms with E-state index in [2.05, 4.69) is 24.5 Å². The van der Waals surface area contributed by atoms with Gasteiger partial charge in [-0.1, -0.05) is 44.2 Å². The summed E-state index contributed by atoms with van der Waals surface area (Å²) in [7, 11) is 0. The summed E-state index contributed by atoms with van der Waals surface area (Å²) in [6.07, 6.45) is 0.418. The Balaban J connectivity index is 2.27. The number of nitrogens with two attached hydrogens (primary N) is 1. The molecule has 6 heteroatoms. The molecule has 0 heterocycles. The van der Waals surface area contributed by atoms with E-state index < -0.39 is 11.7 Å². The highest BCUT2D eigenvalue weighted by molar-refractivity contribution is 6.02. The quantitative estimate of drug-likeness (QED) is 0.574. The van der Waals surface area contributed by atoms with Crippen LogP contribution in [0.1, 0.15) is 57.0 Å². The predicted octanol–water partition coefficient (Wildman–Crippen LogP) is 4.74. The Hall–Kier alpha value is -3.02. The van der Waals surface area contributed by atoms with Crippen LogP contribution >= 0.6 is 0 Å². The van der Waals surface area contributed by atoms with Crippen LogP contribution in [0.4, 0.5) is 10.5 Å². The Morgan fingerprint density at radius 2 is 1.73 bits per heavy atom. The van der Waals surface area contributed by atoms with Gasteiger partial charge in [0, 0.05) is 24.3 Å². The first kappa shape index (κ1) is 23.3. The first-order valence-corrected chi connectivity index (χ1v) is 10.3. The lowest BCUT2D eigenvalue weighted by molar-refractivity contribution is 0.0523. The van der Waals surface area contributed by atoms with E-state index in [9.17, 15) is 9.59 Å². The van der Waals surface area contributed by atoms with Gasteiger partial charge in [0.1, 0.15) is 5.60 Å². The smallest absolute Gasteiger partial charge is 0.407 e. The summed E-state index contributed by atoms with van der Waals surface area (Å²) in [5.74, 6) is 0.345. The summed E-state index contributed by atoms with van der Waals surface area (Å²) in [6, 6.07) is 13.0. The average Bonchev–Trinajstić information content (AvgIpc) is 2.65. The molecule has 162 valence electrons. The fourth-order valence-electron chi connectivity index (χ4n) is 2.97. The van der Waals surface area contributed by atoms with E-state index in [1.807, 2.05) is 51.1 Å². The maximum atomic E-state index is 12.9. The highest BCUT2D eigenvalue weighted by atomic mass is 16.6. The van der Waals surface area contributed by atoms with Crippen molar-refractivity contribution in [3.8, 4) is 11.1 Å². The third-order valence-corrected chi connectivity index (χ3v) is 4.43.